The number of hydrogen-bond acceptors (Lipinski definition) is 6. The number of rotatable bonds is 9. The maximum atomic E-state index is 9.97. The highest BCUT2D eigenvalue weighted by Gasteiger charge is 2.19. The summed E-state index contributed by atoms with van der Waals surface area (Å²) in [5.41, 5.74) is -0.269. The Morgan fingerprint density at radius 1 is 1.52 bits per heavy atom. The molecule has 0 saturated heterocycles. The summed E-state index contributed by atoms with van der Waals surface area (Å²) in [5.74, 6) is 1.19. The van der Waals surface area contributed by atoms with Crippen LogP contribution in [0.3, 0.4) is 0 Å². The zero-order valence-corrected chi connectivity index (χ0v) is 13.2. The van der Waals surface area contributed by atoms with Crippen LogP contribution in [0.5, 0.6) is 5.75 Å². The Hall–Kier alpha value is -1.26. The summed E-state index contributed by atoms with van der Waals surface area (Å²) in [6.07, 6.45) is 1.26. The average Bonchev–Trinajstić information content (AvgIpc) is 2.45. The van der Waals surface area contributed by atoms with E-state index in [1.54, 1.807) is 43.0 Å². The van der Waals surface area contributed by atoms with Gasteiger partial charge in [-0.3, -0.25) is 0 Å². The average molecular weight is 310 g/mol. The number of aliphatic hydroxyl groups is 2. The summed E-state index contributed by atoms with van der Waals surface area (Å²) in [4.78, 5) is 0. The number of aliphatic hydroxyl groups excluding tert-OH is 1. The minimum Gasteiger partial charge on any atom is -0.491 e. The molecule has 0 spiro atoms. The van der Waals surface area contributed by atoms with Crippen molar-refractivity contribution in [3.8, 4) is 11.8 Å². The summed E-state index contributed by atoms with van der Waals surface area (Å²) in [6, 6.07) is 8.83. The van der Waals surface area contributed by atoms with Gasteiger partial charge in [-0.1, -0.05) is 6.07 Å². The minimum atomic E-state index is -0.791. The number of benzene rings is 1. The first-order valence-corrected chi connectivity index (χ1v) is 8.09. The number of thioether (sulfide) groups is 1. The second kappa shape index (κ2) is 8.90. The molecule has 3 N–H and O–H groups in total. The predicted molar refractivity (Wildman–Crippen MR) is 84.5 cm³/mol. The van der Waals surface area contributed by atoms with E-state index in [1.165, 1.54) is 0 Å². The van der Waals surface area contributed by atoms with Crippen molar-refractivity contribution in [2.75, 3.05) is 31.7 Å². The van der Waals surface area contributed by atoms with E-state index in [2.05, 4.69) is 5.32 Å². The Labute approximate surface area is 129 Å². The molecule has 0 aliphatic heterocycles. The van der Waals surface area contributed by atoms with Crippen molar-refractivity contribution in [2.24, 2.45) is 0 Å². The molecule has 0 saturated carbocycles. The van der Waals surface area contributed by atoms with E-state index < -0.39 is 11.7 Å². The van der Waals surface area contributed by atoms with Crippen molar-refractivity contribution < 1.29 is 14.9 Å². The van der Waals surface area contributed by atoms with Crippen LogP contribution in [0.4, 0.5) is 0 Å². The molecule has 0 aromatic heterocycles. The molecule has 1 rings (SSSR count). The van der Waals surface area contributed by atoms with Crippen LogP contribution in [0.1, 0.15) is 12.5 Å². The van der Waals surface area contributed by atoms with Crippen LogP contribution in [0.25, 0.3) is 0 Å². The molecule has 2 unspecified atom stereocenters. The van der Waals surface area contributed by atoms with Crippen LogP contribution in [0.15, 0.2) is 24.3 Å². The summed E-state index contributed by atoms with van der Waals surface area (Å²) in [5, 5.41) is 31.6. The third-order valence-electron chi connectivity index (χ3n) is 2.75. The normalized spacial score (nSPS) is 15.0. The van der Waals surface area contributed by atoms with Crippen molar-refractivity contribution in [1.82, 2.24) is 5.32 Å². The summed E-state index contributed by atoms with van der Waals surface area (Å²) < 4.78 is 5.43. The molecule has 1 aromatic rings. The fraction of sp³-hybridized carbons (Fsp3) is 0.533. The first-order valence-electron chi connectivity index (χ1n) is 6.70. The van der Waals surface area contributed by atoms with Crippen LogP contribution in [0, 0.1) is 11.3 Å². The monoisotopic (exact) mass is 310 g/mol. The third kappa shape index (κ3) is 7.34. The lowest BCUT2D eigenvalue weighted by molar-refractivity contribution is 0.0701. The Morgan fingerprint density at radius 2 is 2.29 bits per heavy atom. The molecule has 0 aliphatic carbocycles. The predicted octanol–water partition coefficient (Wildman–Crippen LogP) is 1.00. The molecule has 0 bridgehead atoms. The summed E-state index contributed by atoms with van der Waals surface area (Å²) >= 11 is 1.57. The molecule has 0 amide bonds. The highest BCUT2D eigenvalue weighted by Crippen LogP contribution is 2.13. The Bertz CT molecular complexity index is 474. The molecule has 0 aliphatic rings. The number of ether oxygens (including phenoxy) is 1. The standard InChI is InChI=1S/C15H22N2O3S/c1-15(19,11-21-2)10-17-8-13(18)9-20-14-5-3-4-12(6-14)7-16/h3-6,13,17-19H,8-11H2,1-2H3. The van der Waals surface area contributed by atoms with Crippen molar-refractivity contribution in [2.45, 2.75) is 18.6 Å². The molecule has 0 radical (unpaired) electrons. The van der Waals surface area contributed by atoms with Gasteiger partial charge in [0.1, 0.15) is 18.5 Å². The van der Waals surface area contributed by atoms with E-state index in [9.17, 15) is 10.2 Å². The summed E-state index contributed by atoms with van der Waals surface area (Å²) in [7, 11) is 0. The largest absolute Gasteiger partial charge is 0.491 e. The number of nitrogens with one attached hydrogen (secondary N) is 1. The molecular formula is C15H22N2O3S. The van der Waals surface area contributed by atoms with E-state index in [1.807, 2.05) is 12.3 Å². The highest BCUT2D eigenvalue weighted by molar-refractivity contribution is 7.98. The van der Waals surface area contributed by atoms with Gasteiger partial charge in [0.2, 0.25) is 0 Å². The number of hydrogen-bond donors (Lipinski definition) is 3. The van der Waals surface area contributed by atoms with Gasteiger partial charge < -0.3 is 20.3 Å². The second-order valence-electron chi connectivity index (χ2n) is 5.17. The molecule has 0 heterocycles. The van der Waals surface area contributed by atoms with Gasteiger partial charge in [-0.25, -0.2) is 0 Å². The molecule has 2 atom stereocenters. The number of nitrogens with zero attached hydrogens (tertiary/aromatic N) is 1. The van der Waals surface area contributed by atoms with Gasteiger partial charge in [0.25, 0.3) is 0 Å². The van der Waals surface area contributed by atoms with Gasteiger partial charge in [-0.2, -0.15) is 17.0 Å². The van der Waals surface area contributed by atoms with E-state index in [-0.39, 0.29) is 6.61 Å². The lowest BCUT2D eigenvalue weighted by Gasteiger charge is -2.23. The molecule has 21 heavy (non-hydrogen) atoms. The SMILES string of the molecule is CSCC(C)(O)CNCC(O)COc1cccc(C#N)c1. The zero-order chi connectivity index (χ0) is 15.7. The highest BCUT2D eigenvalue weighted by atomic mass is 32.2. The Balaban J connectivity index is 2.28. The third-order valence-corrected chi connectivity index (χ3v) is 3.66. The molecule has 0 fully saturated rings. The molecule has 116 valence electrons. The first-order chi connectivity index (χ1) is 9.96. The van der Waals surface area contributed by atoms with Crippen LogP contribution >= 0.6 is 11.8 Å². The van der Waals surface area contributed by atoms with Gasteiger partial charge in [0, 0.05) is 18.8 Å². The maximum absolute atomic E-state index is 9.97. The van der Waals surface area contributed by atoms with Crippen LogP contribution < -0.4 is 10.1 Å². The fourth-order valence-electron chi connectivity index (χ4n) is 1.78. The van der Waals surface area contributed by atoms with Crippen LogP contribution in [-0.4, -0.2) is 53.6 Å². The quantitative estimate of drug-likeness (QED) is 0.631. The van der Waals surface area contributed by atoms with Gasteiger partial charge in [-0.05, 0) is 31.4 Å². The topological polar surface area (TPSA) is 85.5 Å². The molecular weight excluding hydrogens is 288 g/mol. The maximum Gasteiger partial charge on any atom is 0.120 e. The fourth-order valence-corrected chi connectivity index (χ4v) is 2.50. The minimum absolute atomic E-state index is 0.132. The van der Waals surface area contributed by atoms with Crippen LogP contribution in [0.2, 0.25) is 0 Å². The molecule has 5 nitrogen and oxygen atoms in total. The zero-order valence-electron chi connectivity index (χ0n) is 12.4. The lowest BCUT2D eigenvalue weighted by atomic mass is 10.1. The van der Waals surface area contributed by atoms with Crippen molar-refractivity contribution in [1.29, 1.82) is 5.26 Å². The van der Waals surface area contributed by atoms with Crippen molar-refractivity contribution >= 4 is 11.8 Å². The Kier molecular flexibility index (Phi) is 7.54. The number of nitriles is 1. The van der Waals surface area contributed by atoms with Crippen LogP contribution in [-0.2, 0) is 0 Å². The smallest absolute Gasteiger partial charge is 0.120 e. The van der Waals surface area contributed by atoms with Gasteiger partial charge in [0.05, 0.1) is 17.2 Å². The Morgan fingerprint density at radius 3 is 2.95 bits per heavy atom. The van der Waals surface area contributed by atoms with Gasteiger partial charge in [-0.15, -0.1) is 0 Å². The van der Waals surface area contributed by atoms with E-state index in [0.29, 0.717) is 30.2 Å². The lowest BCUT2D eigenvalue weighted by Crippen LogP contribution is -2.43. The van der Waals surface area contributed by atoms with Crippen molar-refractivity contribution in [3.05, 3.63) is 29.8 Å². The van der Waals surface area contributed by atoms with Crippen molar-refractivity contribution in [3.63, 3.8) is 0 Å². The molecule has 6 heteroatoms. The van der Waals surface area contributed by atoms with Gasteiger partial charge >= 0.3 is 0 Å². The second-order valence-corrected chi connectivity index (χ2v) is 6.03. The summed E-state index contributed by atoms with van der Waals surface area (Å²) in [6.45, 7) is 2.64. The van der Waals surface area contributed by atoms with E-state index >= 15 is 0 Å². The van der Waals surface area contributed by atoms with Gasteiger partial charge in [0.15, 0.2) is 0 Å². The van der Waals surface area contributed by atoms with E-state index in [4.69, 9.17) is 10.00 Å². The first kappa shape index (κ1) is 17.8. The molecule has 1 aromatic carbocycles. The van der Waals surface area contributed by atoms with E-state index in [0.717, 1.165) is 0 Å².